The fraction of sp³-hybridized carbons (Fsp3) is 0.429. The monoisotopic (exact) mass is 170 g/mol. The van der Waals surface area contributed by atoms with Crippen molar-refractivity contribution in [1.82, 2.24) is 9.55 Å². The van der Waals surface area contributed by atoms with Gasteiger partial charge in [-0.05, 0) is 0 Å². The first-order valence-corrected chi connectivity index (χ1v) is 3.39. The number of carbonyl (C=O) groups is 1. The van der Waals surface area contributed by atoms with Gasteiger partial charge in [0.05, 0.1) is 12.3 Å². The molecule has 5 heteroatoms. The number of nitrogens with zero attached hydrogens (tertiary/aromatic N) is 2. The zero-order valence-corrected chi connectivity index (χ0v) is 6.94. The number of aromatic carboxylic acids is 1. The van der Waals surface area contributed by atoms with E-state index in [-0.39, 0.29) is 5.82 Å². The lowest BCUT2D eigenvalue weighted by Gasteiger charge is -1.90. The minimum absolute atomic E-state index is 0.0297. The molecular formula is C7H10N2O3. The Labute approximate surface area is 69.6 Å². The first kappa shape index (κ1) is 8.73. The second-order valence-electron chi connectivity index (χ2n) is 2.40. The predicted octanol–water partition coefficient (Wildman–Crippen LogP) is 0.265. The second-order valence-corrected chi connectivity index (χ2v) is 2.40. The molecule has 1 aromatic rings. The van der Waals surface area contributed by atoms with Gasteiger partial charge < -0.3 is 14.4 Å². The van der Waals surface area contributed by atoms with Gasteiger partial charge in [-0.2, -0.15) is 0 Å². The molecule has 0 bridgehead atoms. The van der Waals surface area contributed by atoms with Crippen LogP contribution in [0.1, 0.15) is 16.3 Å². The fourth-order valence-corrected chi connectivity index (χ4v) is 0.945. The summed E-state index contributed by atoms with van der Waals surface area (Å²) in [6.07, 6.45) is 1.63. The van der Waals surface area contributed by atoms with Crippen LogP contribution in [0.25, 0.3) is 0 Å². The number of aryl methyl sites for hydroxylation is 1. The summed E-state index contributed by atoms with van der Waals surface area (Å²) in [5.74, 6) is -0.998. The van der Waals surface area contributed by atoms with Crippen molar-refractivity contribution in [3.05, 3.63) is 17.7 Å². The van der Waals surface area contributed by atoms with E-state index in [1.807, 2.05) is 0 Å². The number of rotatable bonds is 3. The smallest absolute Gasteiger partial charge is 0.372 e. The molecule has 1 N–H and O–H groups in total. The van der Waals surface area contributed by atoms with Crippen LogP contribution >= 0.6 is 0 Å². The molecule has 66 valence electrons. The standard InChI is InChI=1S/C7H10N2O3/c1-9-3-5(4-12-2)8-6(9)7(10)11/h3H,4H2,1-2H3,(H,10,11). The summed E-state index contributed by atoms with van der Waals surface area (Å²) in [6.45, 7) is 0.334. The quantitative estimate of drug-likeness (QED) is 0.706. The van der Waals surface area contributed by atoms with Gasteiger partial charge in [-0.25, -0.2) is 9.78 Å². The van der Waals surface area contributed by atoms with E-state index in [0.717, 1.165) is 0 Å². The zero-order chi connectivity index (χ0) is 9.14. The van der Waals surface area contributed by atoms with Crippen LogP contribution in [-0.4, -0.2) is 27.7 Å². The summed E-state index contributed by atoms with van der Waals surface area (Å²) in [6, 6.07) is 0. The van der Waals surface area contributed by atoms with Gasteiger partial charge in [-0.1, -0.05) is 0 Å². The van der Waals surface area contributed by atoms with Gasteiger partial charge in [-0.15, -0.1) is 0 Å². The van der Waals surface area contributed by atoms with Crippen LogP contribution in [0.5, 0.6) is 0 Å². The number of ether oxygens (including phenoxy) is 1. The molecule has 0 amide bonds. The molecular weight excluding hydrogens is 160 g/mol. The molecule has 0 aromatic carbocycles. The molecule has 0 unspecified atom stereocenters. The molecule has 0 radical (unpaired) electrons. The number of methoxy groups -OCH3 is 1. The Morgan fingerprint density at radius 1 is 1.83 bits per heavy atom. The van der Waals surface area contributed by atoms with Crippen molar-refractivity contribution in [1.29, 1.82) is 0 Å². The fourth-order valence-electron chi connectivity index (χ4n) is 0.945. The molecule has 12 heavy (non-hydrogen) atoms. The SMILES string of the molecule is COCc1cn(C)c(C(=O)O)n1. The summed E-state index contributed by atoms with van der Waals surface area (Å²) in [7, 11) is 3.17. The molecule has 0 atom stereocenters. The Hall–Kier alpha value is -1.36. The minimum atomic E-state index is -1.03. The van der Waals surface area contributed by atoms with Crippen molar-refractivity contribution in [2.45, 2.75) is 6.61 Å². The maximum absolute atomic E-state index is 10.5. The minimum Gasteiger partial charge on any atom is -0.475 e. The highest BCUT2D eigenvalue weighted by Gasteiger charge is 2.11. The Morgan fingerprint density at radius 2 is 2.50 bits per heavy atom. The van der Waals surface area contributed by atoms with E-state index in [1.54, 1.807) is 13.2 Å². The summed E-state index contributed by atoms with van der Waals surface area (Å²) in [4.78, 5) is 14.4. The summed E-state index contributed by atoms with van der Waals surface area (Å²) >= 11 is 0. The Bertz CT molecular complexity index is 293. The van der Waals surface area contributed by atoms with Crippen LogP contribution in [0.3, 0.4) is 0 Å². The van der Waals surface area contributed by atoms with Crippen molar-refractivity contribution in [3.8, 4) is 0 Å². The number of imidazole rings is 1. The molecule has 0 saturated heterocycles. The van der Waals surface area contributed by atoms with Gasteiger partial charge in [0.15, 0.2) is 0 Å². The topological polar surface area (TPSA) is 64.3 Å². The van der Waals surface area contributed by atoms with Crippen LogP contribution in [-0.2, 0) is 18.4 Å². The molecule has 1 aromatic heterocycles. The average Bonchev–Trinajstić information content (AvgIpc) is 2.32. The number of carboxylic acids is 1. The van der Waals surface area contributed by atoms with E-state index in [2.05, 4.69) is 4.98 Å². The molecule has 0 saturated carbocycles. The third-order valence-electron chi connectivity index (χ3n) is 1.41. The second kappa shape index (κ2) is 3.36. The summed E-state index contributed by atoms with van der Waals surface area (Å²) in [5, 5.41) is 8.62. The van der Waals surface area contributed by atoms with E-state index in [1.165, 1.54) is 11.7 Å². The third kappa shape index (κ3) is 1.62. The Balaban J connectivity index is 2.92. The van der Waals surface area contributed by atoms with Gasteiger partial charge in [0.2, 0.25) is 5.82 Å². The van der Waals surface area contributed by atoms with Gasteiger partial charge in [-0.3, -0.25) is 0 Å². The van der Waals surface area contributed by atoms with Crippen LogP contribution in [0, 0.1) is 0 Å². The van der Waals surface area contributed by atoms with Crippen molar-refractivity contribution < 1.29 is 14.6 Å². The van der Waals surface area contributed by atoms with Crippen molar-refractivity contribution in [3.63, 3.8) is 0 Å². The first-order chi connectivity index (χ1) is 5.65. The van der Waals surface area contributed by atoms with E-state index >= 15 is 0 Å². The molecule has 0 fully saturated rings. The molecule has 0 aliphatic carbocycles. The Kier molecular flexibility index (Phi) is 2.44. The van der Waals surface area contributed by atoms with E-state index < -0.39 is 5.97 Å². The first-order valence-electron chi connectivity index (χ1n) is 3.39. The highest BCUT2D eigenvalue weighted by Crippen LogP contribution is 2.02. The predicted molar refractivity (Wildman–Crippen MR) is 40.9 cm³/mol. The van der Waals surface area contributed by atoms with E-state index in [9.17, 15) is 4.79 Å². The highest BCUT2D eigenvalue weighted by atomic mass is 16.5. The number of hydrogen-bond donors (Lipinski definition) is 1. The molecule has 0 aliphatic rings. The van der Waals surface area contributed by atoms with Gasteiger partial charge in [0.25, 0.3) is 0 Å². The molecule has 5 nitrogen and oxygen atoms in total. The zero-order valence-electron chi connectivity index (χ0n) is 6.94. The molecule has 0 aliphatic heterocycles. The van der Waals surface area contributed by atoms with Crippen LogP contribution in [0.15, 0.2) is 6.20 Å². The number of hydrogen-bond acceptors (Lipinski definition) is 3. The maximum Gasteiger partial charge on any atom is 0.372 e. The highest BCUT2D eigenvalue weighted by molar-refractivity contribution is 5.83. The lowest BCUT2D eigenvalue weighted by Crippen LogP contribution is -2.05. The summed E-state index contributed by atoms with van der Waals surface area (Å²) < 4.78 is 6.26. The van der Waals surface area contributed by atoms with Crippen LogP contribution in [0.2, 0.25) is 0 Å². The van der Waals surface area contributed by atoms with Gasteiger partial charge in [0.1, 0.15) is 0 Å². The van der Waals surface area contributed by atoms with E-state index in [0.29, 0.717) is 12.3 Å². The van der Waals surface area contributed by atoms with E-state index in [4.69, 9.17) is 9.84 Å². The maximum atomic E-state index is 10.5. The average molecular weight is 170 g/mol. The lowest BCUT2D eigenvalue weighted by molar-refractivity contribution is 0.0679. The molecule has 1 heterocycles. The van der Waals surface area contributed by atoms with Crippen LogP contribution < -0.4 is 0 Å². The van der Waals surface area contributed by atoms with Crippen molar-refractivity contribution in [2.75, 3.05) is 7.11 Å². The van der Waals surface area contributed by atoms with Gasteiger partial charge >= 0.3 is 5.97 Å². The number of carboxylic acid groups (broad SMARTS) is 1. The molecule has 0 spiro atoms. The lowest BCUT2D eigenvalue weighted by atomic mass is 10.5. The summed E-state index contributed by atoms with van der Waals surface area (Å²) in [5.41, 5.74) is 0.623. The Morgan fingerprint density at radius 3 is 2.92 bits per heavy atom. The normalized spacial score (nSPS) is 10.2. The van der Waals surface area contributed by atoms with Gasteiger partial charge in [0, 0.05) is 20.4 Å². The largest absolute Gasteiger partial charge is 0.475 e. The molecule has 1 rings (SSSR count). The van der Waals surface area contributed by atoms with Crippen molar-refractivity contribution in [2.24, 2.45) is 7.05 Å². The number of aromatic nitrogens is 2. The van der Waals surface area contributed by atoms with Crippen LogP contribution in [0.4, 0.5) is 0 Å². The third-order valence-corrected chi connectivity index (χ3v) is 1.41. The van der Waals surface area contributed by atoms with Crippen molar-refractivity contribution >= 4 is 5.97 Å².